The van der Waals surface area contributed by atoms with Crippen molar-refractivity contribution in [3.8, 4) is 0 Å². The molecule has 0 spiro atoms. The third-order valence-corrected chi connectivity index (χ3v) is 3.77. The van der Waals surface area contributed by atoms with Crippen LogP contribution in [0.1, 0.15) is 29.6 Å². The Labute approximate surface area is 150 Å². The van der Waals surface area contributed by atoms with Crippen LogP contribution in [0.3, 0.4) is 0 Å². The van der Waals surface area contributed by atoms with Gasteiger partial charge < -0.3 is 19.3 Å². The van der Waals surface area contributed by atoms with Crippen LogP contribution in [0.5, 0.6) is 0 Å². The number of nitrogens with one attached hydrogen (secondary N) is 1. The number of halogens is 2. The van der Waals surface area contributed by atoms with Crippen LogP contribution in [0.4, 0.5) is 8.78 Å². The summed E-state index contributed by atoms with van der Waals surface area (Å²) in [6, 6.07) is 1.45. The zero-order valence-electron chi connectivity index (χ0n) is 14.6. The molecule has 8 heteroatoms. The summed E-state index contributed by atoms with van der Waals surface area (Å²) in [6.45, 7) is 6.65. The number of carbonyl (C=O) groups is 1. The maximum atomic E-state index is 13.6. The van der Waals surface area contributed by atoms with Gasteiger partial charge in [-0.2, -0.15) is 0 Å². The second kappa shape index (κ2) is 9.98. The smallest absolute Gasteiger partial charge is 0.273 e. The molecule has 2 rings (SSSR count). The Bertz CT molecular complexity index is 691. The van der Waals surface area contributed by atoms with Crippen LogP contribution < -0.4 is 5.32 Å². The Balaban J connectivity index is 1.74. The minimum Gasteiger partial charge on any atom is -0.381 e. The molecule has 1 aliphatic heterocycles. The molecule has 142 valence electrons. The van der Waals surface area contributed by atoms with E-state index in [1.807, 2.05) is 0 Å². The van der Waals surface area contributed by atoms with Gasteiger partial charge >= 0.3 is 0 Å². The summed E-state index contributed by atoms with van der Waals surface area (Å²) in [6.07, 6.45) is 2.79. The van der Waals surface area contributed by atoms with Crippen molar-refractivity contribution in [2.75, 3.05) is 26.4 Å². The maximum Gasteiger partial charge on any atom is 0.273 e. The van der Waals surface area contributed by atoms with E-state index in [1.165, 1.54) is 13.0 Å². The number of hydrogen-bond acceptors (Lipinski definition) is 5. The van der Waals surface area contributed by atoms with Crippen molar-refractivity contribution >= 4 is 5.91 Å². The Kier molecular flexibility index (Phi) is 7.68. The third-order valence-electron chi connectivity index (χ3n) is 3.77. The molecule has 1 N–H and O–H groups in total. The highest BCUT2D eigenvalue weighted by Crippen LogP contribution is 2.15. The summed E-state index contributed by atoms with van der Waals surface area (Å²) in [5.74, 6) is -1.20. The topological polar surface area (TPSA) is 73.6 Å². The van der Waals surface area contributed by atoms with Crippen molar-refractivity contribution in [1.29, 1.82) is 0 Å². The minimum absolute atomic E-state index is 0.00161. The fourth-order valence-electron chi connectivity index (χ4n) is 2.21. The number of nitrogens with zero attached hydrogens (tertiary/aromatic N) is 1. The summed E-state index contributed by atoms with van der Waals surface area (Å²) in [4.78, 5) is 12.0. The van der Waals surface area contributed by atoms with Crippen molar-refractivity contribution in [2.24, 2.45) is 5.92 Å². The van der Waals surface area contributed by atoms with Gasteiger partial charge in [0.1, 0.15) is 18.3 Å². The average molecular weight is 368 g/mol. The molecule has 26 heavy (non-hydrogen) atoms. The van der Waals surface area contributed by atoms with Gasteiger partial charge in [0.25, 0.3) is 5.91 Å². The van der Waals surface area contributed by atoms with Crippen LogP contribution in [-0.2, 0) is 16.1 Å². The fourth-order valence-corrected chi connectivity index (χ4v) is 2.21. The summed E-state index contributed by atoms with van der Waals surface area (Å²) < 4.78 is 42.1. The minimum atomic E-state index is -0.797. The second-order valence-electron chi connectivity index (χ2n) is 5.88. The molecule has 1 atom stereocenters. The molecule has 1 aromatic heterocycles. The molecular formula is C18H22F2N2O4. The van der Waals surface area contributed by atoms with Gasteiger partial charge in [-0.15, -0.1) is 0 Å². The summed E-state index contributed by atoms with van der Waals surface area (Å²) in [5, 5.41) is 6.45. The average Bonchev–Trinajstić information content (AvgIpc) is 3.31. The molecule has 1 aliphatic rings. The van der Waals surface area contributed by atoms with Gasteiger partial charge in [-0.05, 0) is 13.3 Å². The highest BCUT2D eigenvalue weighted by Gasteiger charge is 2.18. The number of aromatic nitrogens is 1. The van der Waals surface area contributed by atoms with E-state index in [0.717, 1.165) is 18.6 Å². The third kappa shape index (κ3) is 6.20. The number of rotatable bonds is 9. The highest BCUT2D eigenvalue weighted by atomic mass is 19.1. The Morgan fingerprint density at radius 3 is 3.04 bits per heavy atom. The van der Waals surface area contributed by atoms with Gasteiger partial charge in [0.15, 0.2) is 11.5 Å². The lowest BCUT2D eigenvalue weighted by atomic mass is 10.1. The monoisotopic (exact) mass is 368 g/mol. The molecule has 1 aromatic rings. The molecule has 0 aliphatic carbocycles. The van der Waals surface area contributed by atoms with Crippen molar-refractivity contribution < 1.29 is 27.6 Å². The van der Waals surface area contributed by atoms with Crippen molar-refractivity contribution in [1.82, 2.24) is 10.5 Å². The first-order valence-electron chi connectivity index (χ1n) is 8.26. The van der Waals surface area contributed by atoms with Gasteiger partial charge in [0, 0.05) is 36.8 Å². The predicted octanol–water partition coefficient (Wildman–Crippen LogP) is 3.24. The van der Waals surface area contributed by atoms with Crippen LogP contribution in [0.25, 0.3) is 0 Å². The standard InChI is InChI=1S/C18H22F2N2O4/c1-3-14(19)6-16(20)12(2)9-25-11-15-7-17(22-26-15)18(23)21-8-13-4-5-24-10-13/h3,6-7,13H,2,4-5,8-11H2,1H3,(H,21,23)/b14-3+,16-6+. The Morgan fingerprint density at radius 2 is 2.35 bits per heavy atom. The molecule has 0 bridgehead atoms. The van der Waals surface area contributed by atoms with Crippen LogP contribution >= 0.6 is 0 Å². The quantitative estimate of drug-likeness (QED) is 0.678. The summed E-state index contributed by atoms with van der Waals surface area (Å²) >= 11 is 0. The number of hydrogen-bond donors (Lipinski definition) is 1. The van der Waals surface area contributed by atoms with E-state index in [-0.39, 0.29) is 30.4 Å². The zero-order valence-corrected chi connectivity index (χ0v) is 14.6. The molecular weight excluding hydrogens is 346 g/mol. The fraction of sp³-hybridized carbons (Fsp3) is 0.444. The van der Waals surface area contributed by atoms with Crippen LogP contribution in [0.15, 0.2) is 46.5 Å². The lowest BCUT2D eigenvalue weighted by molar-refractivity contribution is 0.0934. The normalized spacial score (nSPS) is 18.2. The van der Waals surface area contributed by atoms with Gasteiger partial charge in [-0.25, -0.2) is 8.78 Å². The van der Waals surface area contributed by atoms with Crippen LogP contribution in [0, 0.1) is 5.92 Å². The lowest BCUT2D eigenvalue weighted by Crippen LogP contribution is -2.29. The van der Waals surface area contributed by atoms with Crippen molar-refractivity contribution in [2.45, 2.75) is 20.0 Å². The molecule has 0 radical (unpaired) electrons. The van der Waals surface area contributed by atoms with Gasteiger partial charge in [0.05, 0.1) is 13.2 Å². The van der Waals surface area contributed by atoms with E-state index < -0.39 is 11.7 Å². The summed E-state index contributed by atoms with van der Waals surface area (Å²) in [5.41, 5.74) is 0.140. The number of ether oxygens (including phenoxy) is 2. The number of allylic oxidation sites excluding steroid dienone is 3. The highest BCUT2D eigenvalue weighted by molar-refractivity contribution is 5.92. The Morgan fingerprint density at radius 1 is 1.54 bits per heavy atom. The first-order valence-corrected chi connectivity index (χ1v) is 8.26. The van der Waals surface area contributed by atoms with E-state index >= 15 is 0 Å². The second-order valence-corrected chi connectivity index (χ2v) is 5.88. The lowest BCUT2D eigenvalue weighted by Gasteiger charge is -2.07. The zero-order chi connectivity index (χ0) is 18.9. The van der Waals surface area contributed by atoms with E-state index in [2.05, 4.69) is 17.1 Å². The van der Waals surface area contributed by atoms with Crippen LogP contribution in [-0.4, -0.2) is 37.4 Å². The van der Waals surface area contributed by atoms with Gasteiger partial charge in [-0.1, -0.05) is 17.8 Å². The van der Waals surface area contributed by atoms with Crippen molar-refractivity contribution in [3.63, 3.8) is 0 Å². The maximum absolute atomic E-state index is 13.6. The summed E-state index contributed by atoms with van der Waals surface area (Å²) in [7, 11) is 0. The van der Waals surface area contributed by atoms with E-state index in [9.17, 15) is 13.6 Å². The molecule has 0 aromatic carbocycles. The first kappa shape index (κ1) is 20.0. The molecule has 1 saturated heterocycles. The molecule has 6 nitrogen and oxygen atoms in total. The van der Waals surface area contributed by atoms with Gasteiger partial charge in [-0.3, -0.25) is 4.79 Å². The SMILES string of the molecule is C=C(COCc1cc(C(=O)NCC2CCOC2)no1)/C(F)=C\C(F)=C/C. The van der Waals surface area contributed by atoms with E-state index in [0.29, 0.717) is 31.4 Å². The molecule has 2 heterocycles. The molecule has 1 amide bonds. The molecule has 0 saturated carbocycles. The largest absolute Gasteiger partial charge is 0.381 e. The number of amides is 1. The predicted molar refractivity (Wildman–Crippen MR) is 90.6 cm³/mol. The van der Waals surface area contributed by atoms with Crippen LogP contribution in [0.2, 0.25) is 0 Å². The number of carbonyl (C=O) groups excluding carboxylic acids is 1. The van der Waals surface area contributed by atoms with Gasteiger partial charge in [0.2, 0.25) is 0 Å². The van der Waals surface area contributed by atoms with E-state index in [4.69, 9.17) is 14.0 Å². The molecule has 1 fully saturated rings. The molecule has 1 unspecified atom stereocenters. The van der Waals surface area contributed by atoms with Crippen molar-refractivity contribution in [3.05, 3.63) is 53.5 Å². The van der Waals surface area contributed by atoms with E-state index in [1.54, 1.807) is 0 Å². The first-order chi connectivity index (χ1) is 12.5. The Hall–Kier alpha value is -2.32.